The van der Waals surface area contributed by atoms with Crippen LogP contribution in [0.1, 0.15) is 5.56 Å². The Bertz CT molecular complexity index is 679. The van der Waals surface area contributed by atoms with Crippen LogP contribution >= 0.6 is 28.1 Å². The summed E-state index contributed by atoms with van der Waals surface area (Å²) in [6.45, 7) is -0.135. The molecule has 1 heterocycles. The summed E-state index contributed by atoms with van der Waals surface area (Å²) < 4.78 is 6.13. The van der Waals surface area contributed by atoms with E-state index in [-0.39, 0.29) is 17.5 Å². The van der Waals surface area contributed by atoms with Gasteiger partial charge in [0.15, 0.2) is 6.61 Å². The normalized spacial score (nSPS) is 9.95. The number of benzene rings is 1. The number of anilines is 1. The van der Waals surface area contributed by atoms with Crippen molar-refractivity contribution < 1.29 is 9.53 Å². The topological polar surface area (TPSA) is 77.2 Å². The van der Waals surface area contributed by atoms with E-state index in [4.69, 9.17) is 22.7 Å². The number of ether oxygens (including phenoxy) is 1. The van der Waals surface area contributed by atoms with E-state index in [2.05, 4.69) is 26.2 Å². The van der Waals surface area contributed by atoms with E-state index in [0.29, 0.717) is 17.0 Å². The molecular weight excluding hydrogens is 354 g/mol. The molecule has 0 spiro atoms. The molecule has 0 atom stereocenters. The van der Waals surface area contributed by atoms with Crippen LogP contribution < -0.4 is 15.8 Å². The third-order valence-electron chi connectivity index (χ3n) is 2.52. The lowest BCUT2D eigenvalue weighted by Gasteiger charge is -2.10. The maximum absolute atomic E-state index is 11.9. The van der Waals surface area contributed by atoms with Crippen LogP contribution in [-0.2, 0) is 4.79 Å². The highest BCUT2D eigenvalue weighted by atomic mass is 79.9. The van der Waals surface area contributed by atoms with Crippen molar-refractivity contribution in [2.24, 2.45) is 5.73 Å². The number of hydrogen-bond donors (Lipinski definition) is 2. The molecule has 0 bridgehead atoms. The zero-order valence-electron chi connectivity index (χ0n) is 10.9. The highest BCUT2D eigenvalue weighted by Crippen LogP contribution is 2.17. The molecule has 5 nitrogen and oxygen atoms in total. The molecule has 21 heavy (non-hydrogen) atoms. The molecule has 3 N–H and O–H groups in total. The smallest absolute Gasteiger partial charge is 0.262 e. The van der Waals surface area contributed by atoms with E-state index in [1.165, 1.54) is 6.20 Å². The van der Waals surface area contributed by atoms with Gasteiger partial charge in [0.1, 0.15) is 10.7 Å². The van der Waals surface area contributed by atoms with Gasteiger partial charge in [0.25, 0.3) is 5.91 Å². The number of para-hydroxylation sites is 1. The molecule has 0 unspecified atom stereocenters. The van der Waals surface area contributed by atoms with E-state index < -0.39 is 0 Å². The van der Waals surface area contributed by atoms with E-state index in [1.54, 1.807) is 36.5 Å². The number of halogens is 1. The summed E-state index contributed by atoms with van der Waals surface area (Å²) >= 11 is 8.22. The third-order valence-corrected chi connectivity index (χ3v) is 3.17. The van der Waals surface area contributed by atoms with Crippen molar-refractivity contribution in [3.05, 3.63) is 52.8 Å². The van der Waals surface area contributed by atoms with Gasteiger partial charge in [-0.15, -0.1) is 0 Å². The largest absolute Gasteiger partial charge is 0.482 e. The molecule has 0 aliphatic carbocycles. The molecule has 2 rings (SSSR count). The SMILES string of the molecule is NC(=S)c1ccccc1NC(=O)COc1cncc(Br)c1. The zero-order valence-corrected chi connectivity index (χ0v) is 13.3. The molecule has 1 aromatic heterocycles. The fourth-order valence-electron chi connectivity index (χ4n) is 1.61. The van der Waals surface area contributed by atoms with Gasteiger partial charge in [0.2, 0.25) is 0 Å². The Morgan fingerprint density at radius 2 is 2.14 bits per heavy atom. The van der Waals surface area contributed by atoms with Gasteiger partial charge in [0.05, 0.1) is 11.9 Å². The highest BCUT2D eigenvalue weighted by molar-refractivity contribution is 9.10. The van der Waals surface area contributed by atoms with Crippen molar-refractivity contribution in [3.63, 3.8) is 0 Å². The fraction of sp³-hybridized carbons (Fsp3) is 0.0714. The van der Waals surface area contributed by atoms with Gasteiger partial charge < -0.3 is 15.8 Å². The van der Waals surface area contributed by atoms with Crippen LogP contribution in [0, 0.1) is 0 Å². The Balaban J connectivity index is 1.98. The first-order valence-electron chi connectivity index (χ1n) is 5.98. The van der Waals surface area contributed by atoms with Crippen molar-refractivity contribution in [2.45, 2.75) is 0 Å². The number of pyridine rings is 1. The summed E-state index contributed by atoms with van der Waals surface area (Å²) in [6.07, 6.45) is 3.16. The molecule has 0 aliphatic heterocycles. The molecule has 7 heteroatoms. The van der Waals surface area contributed by atoms with E-state index in [9.17, 15) is 4.79 Å². The standard InChI is InChI=1S/C14H12BrN3O2S/c15-9-5-10(7-17-6-9)20-8-13(19)18-12-4-2-1-3-11(12)14(16)21/h1-7H,8H2,(H2,16,21)(H,18,19). The lowest BCUT2D eigenvalue weighted by Crippen LogP contribution is -2.22. The minimum Gasteiger partial charge on any atom is -0.482 e. The second-order valence-electron chi connectivity index (χ2n) is 4.09. The molecule has 1 amide bonds. The number of carbonyl (C=O) groups excluding carboxylic acids is 1. The number of aromatic nitrogens is 1. The number of rotatable bonds is 5. The van der Waals surface area contributed by atoms with Gasteiger partial charge in [-0.25, -0.2) is 0 Å². The Kier molecular flexibility index (Phi) is 5.24. The van der Waals surface area contributed by atoms with Gasteiger partial charge in [-0.2, -0.15) is 0 Å². The summed E-state index contributed by atoms with van der Waals surface area (Å²) in [7, 11) is 0. The first-order chi connectivity index (χ1) is 10.1. The highest BCUT2D eigenvalue weighted by Gasteiger charge is 2.09. The van der Waals surface area contributed by atoms with Crippen LogP contribution in [-0.4, -0.2) is 22.5 Å². The van der Waals surface area contributed by atoms with Gasteiger partial charge >= 0.3 is 0 Å². The molecule has 0 aliphatic rings. The molecule has 0 fully saturated rings. The maximum atomic E-state index is 11.9. The molecule has 0 saturated carbocycles. The number of hydrogen-bond acceptors (Lipinski definition) is 4. The lowest BCUT2D eigenvalue weighted by atomic mass is 10.2. The van der Waals surface area contributed by atoms with Gasteiger partial charge in [-0.05, 0) is 34.1 Å². The summed E-state index contributed by atoms with van der Waals surface area (Å²) in [4.78, 5) is 16.1. The monoisotopic (exact) mass is 365 g/mol. The fourth-order valence-corrected chi connectivity index (χ4v) is 2.14. The van der Waals surface area contributed by atoms with Crippen molar-refractivity contribution >= 4 is 44.7 Å². The minimum absolute atomic E-state index is 0.135. The lowest BCUT2D eigenvalue weighted by molar-refractivity contribution is -0.118. The van der Waals surface area contributed by atoms with Crippen LogP contribution in [0.25, 0.3) is 0 Å². The average Bonchev–Trinajstić information content (AvgIpc) is 2.45. The van der Waals surface area contributed by atoms with E-state index in [0.717, 1.165) is 4.47 Å². The zero-order chi connectivity index (χ0) is 15.2. The number of nitrogens with one attached hydrogen (secondary N) is 1. The predicted molar refractivity (Wildman–Crippen MR) is 88.4 cm³/mol. The van der Waals surface area contributed by atoms with Crippen molar-refractivity contribution in [3.8, 4) is 5.75 Å². The maximum Gasteiger partial charge on any atom is 0.262 e. The van der Waals surface area contributed by atoms with E-state index in [1.807, 2.05) is 0 Å². The van der Waals surface area contributed by atoms with Crippen LogP contribution in [0.3, 0.4) is 0 Å². The molecule has 0 radical (unpaired) electrons. The quantitative estimate of drug-likeness (QED) is 0.796. The van der Waals surface area contributed by atoms with Crippen molar-refractivity contribution in [2.75, 3.05) is 11.9 Å². The molecule has 2 aromatic rings. The van der Waals surface area contributed by atoms with Gasteiger partial charge in [-0.1, -0.05) is 24.4 Å². The Labute approximate surface area is 135 Å². The van der Waals surface area contributed by atoms with E-state index >= 15 is 0 Å². The summed E-state index contributed by atoms with van der Waals surface area (Å²) in [5.41, 5.74) is 6.78. The van der Waals surface area contributed by atoms with Crippen LogP contribution in [0.4, 0.5) is 5.69 Å². The predicted octanol–water partition coefficient (Wildman–Crippen LogP) is 2.50. The summed E-state index contributed by atoms with van der Waals surface area (Å²) in [6, 6.07) is 8.79. The Morgan fingerprint density at radius 3 is 2.86 bits per heavy atom. The first-order valence-corrected chi connectivity index (χ1v) is 7.18. The number of nitrogens with two attached hydrogens (primary N) is 1. The van der Waals surface area contributed by atoms with Crippen molar-refractivity contribution in [1.29, 1.82) is 0 Å². The molecule has 0 saturated heterocycles. The van der Waals surface area contributed by atoms with Gasteiger partial charge in [0, 0.05) is 16.2 Å². The van der Waals surface area contributed by atoms with Crippen LogP contribution in [0.2, 0.25) is 0 Å². The Morgan fingerprint density at radius 1 is 1.38 bits per heavy atom. The minimum atomic E-state index is -0.307. The summed E-state index contributed by atoms with van der Waals surface area (Å²) in [5.74, 6) is 0.195. The second-order valence-corrected chi connectivity index (χ2v) is 5.44. The first kappa shape index (κ1) is 15.4. The number of nitrogens with zero attached hydrogens (tertiary/aromatic N) is 1. The van der Waals surface area contributed by atoms with Crippen LogP contribution in [0.5, 0.6) is 5.75 Å². The molecule has 108 valence electrons. The van der Waals surface area contributed by atoms with Gasteiger partial charge in [-0.3, -0.25) is 9.78 Å². The second kappa shape index (κ2) is 7.14. The number of thiocarbonyl (C=S) groups is 1. The molecular formula is C14H12BrN3O2S. The van der Waals surface area contributed by atoms with Crippen molar-refractivity contribution in [1.82, 2.24) is 4.98 Å². The molecule has 1 aromatic carbocycles. The average molecular weight is 366 g/mol. The Hall–Kier alpha value is -1.99. The third kappa shape index (κ3) is 4.51. The number of amides is 1. The summed E-state index contributed by atoms with van der Waals surface area (Å²) in [5, 5.41) is 2.71. The van der Waals surface area contributed by atoms with Crippen LogP contribution in [0.15, 0.2) is 47.2 Å². The number of carbonyl (C=O) groups is 1.